The molecule has 1 aliphatic carbocycles. The summed E-state index contributed by atoms with van der Waals surface area (Å²) in [7, 11) is 4.27. The van der Waals surface area contributed by atoms with Crippen LogP contribution >= 0.6 is 0 Å². The number of methoxy groups -OCH3 is 3. The first-order valence-electron chi connectivity index (χ1n) is 9.95. The van der Waals surface area contributed by atoms with Crippen LogP contribution in [0.5, 0.6) is 5.75 Å². The van der Waals surface area contributed by atoms with Crippen molar-refractivity contribution in [3.63, 3.8) is 0 Å². The minimum atomic E-state index is -0.656. The normalized spacial score (nSPS) is 18.2. The van der Waals surface area contributed by atoms with Crippen LogP contribution in [0.4, 0.5) is 5.69 Å². The van der Waals surface area contributed by atoms with E-state index in [9.17, 15) is 9.59 Å². The number of carbonyl (C=O) groups excluding carboxylic acids is 2. The van der Waals surface area contributed by atoms with Gasteiger partial charge >= 0.3 is 11.9 Å². The first-order valence-corrected chi connectivity index (χ1v) is 9.95. The Labute approximate surface area is 182 Å². The Bertz CT molecular complexity index is 1020. The largest absolute Gasteiger partial charge is 0.497 e. The minimum absolute atomic E-state index is 0.370. The lowest BCUT2D eigenvalue weighted by molar-refractivity contribution is -0.144. The number of nitrogens with one attached hydrogen (secondary N) is 1. The molecule has 162 valence electrons. The second kappa shape index (κ2) is 9.51. The average Bonchev–Trinajstić information content (AvgIpc) is 2.79. The number of aryl methyl sites for hydroxylation is 1. The maximum atomic E-state index is 13.0. The van der Waals surface area contributed by atoms with E-state index < -0.39 is 23.8 Å². The lowest BCUT2D eigenvalue weighted by Crippen LogP contribution is -2.33. The molecule has 0 aromatic heterocycles. The van der Waals surface area contributed by atoms with Gasteiger partial charge in [-0.3, -0.25) is 4.79 Å². The van der Waals surface area contributed by atoms with Gasteiger partial charge in [-0.25, -0.2) is 4.79 Å². The molecular formula is C25H27NO5. The highest BCUT2D eigenvalue weighted by Crippen LogP contribution is 2.43. The number of allylic oxidation sites excluding steroid dienone is 1. The molecule has 2 atom stereocenters. The lowest BCUT2D eigenvalue weighted by Gasteiger charge is -2.33. The Morgan fingerprint density at radius 1 is 0.871 bits per heavy atom. The van der Waals surface area contributed by atoms with Crippen molar-refractivity contribution in [2.45, 2.75) is 19.8 Å². The summed E-state index contributed by atoms with van der Waals surface area (Å²) in [6, 6.07) is 15.2. The molecule has 0 saturated carbocycles. The third-order valence-electron chi connectivity index (χ3n) is 5.46. The number of esters is 2. The molecule has 0 heterocycles. The molecule has 0 aliphatic heterocycles. The van der Waals surface area contributed by atoms with Crippen LogP contribution in [-0.2, 0) is 19.1 Å². The molecule has 0 saturated heterocycles. The molecule has 0 spiro atoms. The smallest absolute Gasteiger partial charge is 0.336 e. The molecule has 0 fully saturated rings. The highest BCUT2D eigenvalue weighted by Gasteiger charge is 2.41. The zero-order chi connectivity index (χ0) is 22.5. The number of hydrogen-bond acceptors (Lipinski definition) is 6. The van der Waals surface area contributed by atoms with Gasteiger partial charge in [-0.15, -0.1) is 0 Å². The van der Waals surface area contributed by atoms with Crippen LogP contribution in [0.1, 0.15) is 24.0 Å². The van der Waals surface area contributed by atoms with Crippen LogP contribution in [-0.4, -0.2) is 33.3 Å². The summed E-state index contributed by atoms with van der Waals surface area (Å²) in [6.45, 7) is 3.87. The molecule has 0 radical (unpaired) electrons. The van der Waals surface area contributed by atoms with E-state index in [4.69, 9.17) is 14.2 Å². The van der Waals surface area contributed by atoms with Crippen molar-refractivity contribution in [3.05, 3.63) is 82.6 Å². The van der Waals surface area contributed by atoms with Crippen LogP contribution in [0, 0.1) is 12.8 Å². The average molecular weight is 421 g/mol. The molecule has 6 nitrogen and oxygen atoms in total. The minimum Gasteiger partial charge on any atom is -0.497 e. The summed E-state index contributed by atoms with van der Waals surface area (Å²) in [5.74, 6) is -1.47. The zero-order valence-corrected chi connectivity index (χ0v) is 18.4. The van der Waals surface area contributed by atoms with Crippen molar-refractivity contribution < 1.29 is 23.8 Å². The maximum absolute atomic E-state index is 13.0. The first-order chi connectivity index (χ1) is 14.9. The van der Waals surface area contributed by atoms with Gasteiger partial charge in [0.15, 0.2) is 0 Å². The highest BCUT2D eigenvalue weighted by molar-refractivity contribution is 5.95. The Kier molecular flexibility index (Phi) is 6.80. The van der Waals surface area contributed by atoms with E-state index in [0.29, 0.717) is 17.0 Å². The van der Waals surface area contributed by atoms with Gasteiger partial charge in [0, 0.05) is 17.3 Å². The van der Waals surface area contributed by atoms with Gasteiger partial charge in [-0.05, 0) is 49.8 Å². The SMILES string of the molecule is COC(=O)C1=C(Nc2ccc(C)cc2)C=C(C)[C@@H](C(=O)OC)[C@@H]1c1ccc(OC)cc1. The quantitative estimate of drug-likeness (QED) is 0.698. The van der Waals surface area contributed by atoms with Gasteiger partial charge in [-0.2, -0.15) is 0 Å². The third kappa shape index (κ3) is 4.63. The summed E-state index contributed by atoms with van der Waals surface area (Å²) in [5, 5.41) is 3.33. The summed E-state index contributed by atoms with van der Waals surface area (Å²) < 4.78 is 15.5. The fourth-order valence-electron chi connectivity index (χ4n) is 3.85. The molecule has 3 rings (SSSR count). The van der Waals surface area contributed by atoms with E-state index >= 15 is 0 Å². The maximum Gasteiger partial charge on any atom is 0.336 e. The van der Waals surface area contributed by atoms with Gasteiger partial charge in [-0.1, -0.05) is 35.4 Å². The Balaban J connectivity index is 2.18. The summed E-state index contributed by atoms with van der Waals surface area (Å²) in [6.07, 6.45) is 1.81. The molecule has 1 aliphatic rings. The van der Waals surface area contributed by atoms with Crippen molar-refractivity contribution in [3.8, 4) is 5.75 Å². The van der Waals surface area contributed by atoms with E-state index in [0.717, 1.165) is 22.4 Å². The van der Waals surface area contributed by atoms with Gasteiger partial charge < -0.3 is 19.5 Å². The molecule has 0 bridgehead atoms. The number of anilines is 1. The topological polar surface area (TPSA) is 73.9 Å². The second-order valence-electron chi connectivity index (χ2n) is 7.45. The molecule has 0 amide bonds. The van der Waals surface area contributed by atoms with E-state index in [-0.39, 0.29) is 0 Å². The monoisotopic (exact) mass is 421 g/mol. The number of benzene rings is 2. The predicted octanol–water partition coefficient (Wildman–Crippen LogP) is 4.38. The second-order valence-corrected chi connectivity index (χ2v) is 7.45. The van der Waals surface area contributed by atoms with Gasteiger partial charge in [0.25, 0.3) is 0 Å². The fourth-order valence-corrected chi connectivity index (χ4v) is 3.85. The molecule has 2 aromatic rings. The highest BCUT2D eigenvalue weighted by atomic mass is 16.5. The number of rotatable bonds is 6. The molecule has 1 N–H and O–H groups in total. The predicted molar refractivity (Wildman–Crippen MR) is 119 cm³/mol. The third-order valence-corrected chi connectivity index (χ3v) is 5.46. The summed E-state index contributed by atoms with van der Waals surface area (Å²) >= 11 is 0. The van der Waals surface area contributed by atoms with Crippen LogP contribution in [0.2, 0.25) is 0 Å². The van der Waals surface area contributed by atoms with Crippen molar-refractivity contribution in [2.24, 2.45) is 5.92 Å². The van der Waals surface area contributed by atoms with Gasteiger partial charge in [0.2, 0.25) is 0 Å². The van der Waals surface area contributed by atoms with Crippen molar-refractivity contribution in [1.82, 2.24) is 0 Å². The molecule has 6 heteroatoms. The Morgan fingerprint density at radius 2 is 1.52 bits per heavy atom. The molecule has 2 aromatic carbocycles. The van der Waals surface area contributed by atoms with Crippen molar-refractivity contribution >= 4 is 17.6 Å². The summed E-state index contributed by atoms with van der Waals surface area (Å²) in [5.41, 5.74) is 4.49. The van der Waals surface area contributed by atoms with Crippen LogP contribution in [0.3, 0.4) is 0 Å². The standard InChI is InChI=1S/C25H27NO5/c1-15-6-10-18(11-7-15)26-20-14-16(2)21(24(27)30-4)22(23(20)25(28)31-5)17-8-12-19(29-3)13-9-17/h6-14,21-22,26H,1-5H3/t21-,22+/m1/s1. The van der Waals surface area contributed by atoms with Crippen LogP contribution in [0.25, 0.3) is 0 Å². The van der Waals surface area contributed by atoms with E-state index in [1.54, 1.807) is 19.2 Å². The number of ether oxygens (including phenoxy) is 3. The number of hydrogen-bond donors (Lipinski definition) is 1. The van der Waals surface area contributed by atoms with E-state index in [1.165, 1.54) is 14.2 Å². The van der Waals surface area contributed by atoms with E-state index in [2.05, 4.69) is 5.32 Å². The first kappa shape index (κ1) is 22.2. The summed E-state index contributed by atoms with van der Waals surface area (Å²) in [4.78, 5) is 25.7. The van der Waals surface area contributed by atoms with Gasteiger partial charge in [0.05, 0.1) is 32.8 Å². The van der Waals surface area contributed by atoms with Crippen LogP contribution < -0.4 is 10.1 Å². The van der Waals surface area contributed by atoms with Crippen molar-refractivity contribution in [2.75, 3.05) is 26.6 Å². The Morgan fingerprint density at radius 3 is 2.06 bits per heavy atom. The molecule has 0 unspecified atom stereocenters. The Hall–Kier alpha value is -3.54. The molecule has 31 heavy (non-hydrogen) atoms. The van der Waals surface area contributed by atoms with Gasteiger partial charge in [0.1, 0.15) is 5.75 Å². The number of carbonyl (C=O) groups is 2. The van der Waals surface area contributed by atoms with Crippen molar-refractivity contribution in [1.29, 1.82) is 0 Å². The zero-order valence-electron chi connectivity index (χ0n) is 18.4. The lowest BCUT2D eigenvalue weighted by atomic mass is 9.72. The van der Waals surface area contributed by atoms with E-state index in [1.807, 2.05) is 56.3 Å². The molecular weight excluding hydrogens is 394 g/mol. The van der Waals surface area contributed by atoms with Crippen LogP contribution in [0.15, 0.2) is 71.5 Å². The fraction of sp³-hybridized carbons (Fsp3) is 0.280.